The average molecular weight is 346 g/mol. The Hall–Kier alpha value is -1.59. The summed E-state index contributed by atoms with van der Waals surface area (Å²) in [6, 6.07) is 15.6. The Kier molecular flexibility index (Phi) is 5.18. The van der Waals surface area contributed by atoms with E-state index in [1.54, 1.807) is 17.8 Å². The zero-order valence-electron chi connectivity index (χ0n) is 12.9. The quantitative estimate of drug-likeness (QED) is 0.794. The van der Waals surface area contributed by atoms with Gasteiger partial charge >= 0.3 is 0 Å². The molecule has 0 saturated heterocycles. The summed E-state index contributed by atoms with van der Waals surface area (Å²) in [5.41, 5.74) is 2.18. The minimum atomic E-state index is -0.143. The van der Waals surface area contributed by atoms with Gasteiger partial charge in [0.15, 0.2) is 5.11 Å². The van der Waals surface area contributed by atoms with Crippen LogP contribution in [0.1, 0.15) is 36.6 Å². The molecular formula is C18H19FN2S2. The summed E-state index contributed by atoms with van der Waals surface area (Å²) >= 11 is 7.03. The number of thiocarbonyl (C=S) groups is 1. The second-order valence-electron chi connectivity index (χ2n) is 5.60. The third kappa shape index (κ3) is 3.85. The van der Waals surface area contributed by atoms with E-state index in [2.05, 4.69) is 29.7 Å². The van der Waals surface area contributed by atoms with Crippen LogP contribution in [0, 0.1) is 5.82 Å². The van der Waals surface area contributed by atoms with Crippen LogP contribution in [-0.2, 0) is 0 Å². The third-order valence-electron chi connectivity index (χ3n) is 3.98. The number of fused-ring (bicyclic) bond motifs is 1. The Balaban J connectivity index is 1.67. The lowest BCUT2D eigenvalue weighted by Crippen LogP contribution is -2.40. The van der Waals surface area contributed by atoms with Crippen LogP contribution in [0.2, 0.25) is 0 Å². The third-order valence-corrected chi connectivity index (χ3v) is 5.37. The van der Waals surface area contributed by atoms with E-state index in [1.165, 1.54) is 11.6 Å². The summed E-state index contributed by atoms with van der Waals surface area (Å²) in [6.45, 7) is 2.08. The molecule has 0 fully saturated rings. The molecule has 0 amide bonds. The molecule has 2 N–H and O–H groups in total. The van der Waals surface area contributed by atoms with Crippen LogP contribution in [-0.4, -0.2) is 10.9 Å². The molecule has 2 aromatic carbocycles. The predicted molar refractivity (Wildman–Crippen MR) is 98.2 cm³/mol. The van der Waals surface area contributed by atoms with E-state index in [0.717, 1.165) is 22.6 Å². The fourth-order valence-corrected chi connectivity index (χ4v) is 4.22. The van der Waals surface area contributed by atoms with E-state index in [1.807, 2.05) is 24.3 Å². The van der Waals surface area contributed by atoms with Gasteiger partial charge < -0.3 is 10.6 Å². The summed E-state index contributed by atoms with van der Waals surface area (Å²) in [7, 11) is 0. The summed E-state index contributed by atoms with van der Waals surface area (Å²) in [5.74, 6) is 0.748. The molecule has 1 aliphatic heterocycles. The van der Waals surface area contributed by atoms with Gasteiger partial charge in [-0.1, -0.05) is 42.5 Å². The first-order chi connectivity index (χ1) is 11.1. The van der Waals surface area contributed by atoms with Crippen molar-refractivity contribution in [1.29, 1.82) is 0 Å². The molecule has 5 heteroatoms. The van der Waals surface area contributed by atoms with Crippen molar-refractivity contribution in [3.8, 4) is 0 Å². The summed E-state index contributed by atoms with van der Waals surface area (Å²) < 4.78 is 13.9. The molecule has 2 atom stereocenters. The van der Waals surface area contributed by atoms with Crippen molar-refractivity contribution < 1.29 is 4.39 Å². The van der Waals surface area contributed by atoms with E-state index in [9.17, 15) is 4.39 Å². The molecule has 2 aromatic rings. The van der Waals surface area contributed by atoms with Crippen molar-refractivity contribution in [2.24, 2.45) is 0 Å². The normalized spacial score (nSPS) is 17.9. The fourth-order valence-electron chi connectivity index (χ4n) is 2.76. The molecule has 0 saturated carbocycles. The van der Waals surface area contributed by atoms with Crippen molar-refractivity contribution in [1.82, 2.24) is 10.6 Å². The maximum Gasteiger partial charge on any atom is 0.167 e. The standard InChI is InChI=1S/C18H19FN2S2/c1-12(13-6-3-2-4-7-13)20-18(22)21-16-10-11-23-17-14(16)8-5-9-15(17)19/h2-9,12,16H,10-11H2,1H3,(H2,20,21,22)/t12-,16+/m0/s1. The molecule has 1 aliphatic rings. The van der Waals surface area contributed by atoms with Crippen molar-refractivity contribution in [2.75, 3.05) is 5.75 Å². The number of benzene rings is 2. The Morgan fingerprint density at radius 3 is 2.78 bits per heavy atom. The van der Waals surface area contributed by atoms with Gasteiger partial charge in [0.2, 0.25) is 0 Å². The number of hydrogen-bond donors (Lipinski definition) is 2. The minimum Gasteiger partial charge on any atom is -0.356 e. The van der Waals surface area contributed by atoms with Gasteiger partial charge in [-0.15, -0.1) is 11.8 Å². The molecule has 120 valence electrons. The highest BCUT2D eigenvalue weighted by Crippen LogP contribution is 2.37. The van der Waals surface area contributed by atoms with Crippen LogP contribution in [0.4, 0.5) is 4.39 Å². The van der Waals surface area contributed by atoms with Crippen molar-refractivity contribution >= 4 is 29.1 Å². The number of thioether (sulfide) groups is 1. The van der Waals surface area contributed by atoms with Crippen molar-refractivity contribution in [2.45, 2.75) is 30.3 Å². The molecule has 0 bridgehead atoms. The van der Waals surface area contributed by atoms with Crippen molar-refractivity contribution in [3.63, 3.8) is 0 Å². The second-order valence-corrected chi connectivity index (χ2v) is 7.11. The Labute approximate surface area is 145 Å². The largest absolute Gasteiger partial charge is 0.356 e. The monoisotopic (exact) mass is 346 g/mol. The predicted octanol–water partition coefficient (Wildman–Crippen LogP) is 4.59. The Morgan fingerprint density at radius 2 is 2.00 bits per heavy atom. The van der Waals surface area contributed by atoms with Gasteiger partial charge in [0.25, 0.3) is 0 Å². The number of halogens is 1. The van der Waals surface area contributed by atoms with Crippen LogP contribution in [0.3, 0.4) is 0 Å². The van der Waals surface area contributed by atoms with Crippen LogP contribution < -0.4 is 10.6 Å². The van der Waals surface area contributed by atoms with Gasteiger partial charge in [-0.25, -0.2) is 4.39 Å². The number of rotatable bonds is 3. The first kappa shape index (κ1) is 16.3. The lowest BCUT2D eigenvalue weighted by atomic mass is 10.0. The smallest absolute Gasteiger partial charge is 0.167 e. The minimum absolute atomic E-state index is 0.0601. The SMILES string of the molecule is C[C@H](NC(=S)N[C@@H]1CCSc2c(F)cccc21)c1ccccc1. The van der Waals surface area contributed by atoms with Gasteiger partial charge in [0.1, 0.15) is 5.82 Å². The van der Waals surface area contributed by atoms with E-state index < -0.39 is 0 Å². The van der Waals surface area contributed by atoms with Gasteiger partial charge in [0.05, 0.1) is 12.1 Å². The molecule has 0 unspecified atom stereocenters. The van der Waals surface area contributed by atoms with E-state index in [-0.39, 0.29) is 17.9 Å². The van der Waals surface area contributed by atoms with Crippen LogP contribution in [0.15, 0.2) is 53.4 Å². The lowest BCUT2D eigenvalue weighted by Gasteiger charge is -2.28. The number of hydrogen-bond acceptors (Lipinski definition) is 2. The molecule has 1 heterocycles. The highest BCUT2D eigenvalue weighted by molar-refractivity contribution is 7.99. The van der Waals surface area contributed by atoms with Gasteiger partial charge in [0, 0.05) is 10.6 Å². The maximum atomic E-state index is 13.9. The molecule has 0 aromatic heterocycles. The van der Waals surface area contributed by atoms with Crippen LogP contribution >= 0.6 is 24.0 Å². The maximum absolute atomic E-state index is 13.9. The van der Waals surface area contributed by atoms with E-state index >= 15 is 0 Å². The lowest BCUT2D eigenvalue weighted by molar-refractivity contribution is 0.553. The van der Waals surface area contributed by atoms with E-state index in [0.29, 0.717) is 5.11 Å². The first-order valence-corrected chi connectivity index (χ1v) is 9.07. The summed E-state index contributed by atoms with van der Waals surface area (Å²) in [5, 5.41) is 7.26. The average Bonchev–Trinajstić information content (AvgIpc) is 2.56. The molecular weight excluding hydrogens is 327 g/mol. The summed E-state index contributed by atoms with van der Waals surface area (Å²) in [4.78, 5) is 0.746. The zero-order chi connectivity index (χ0) is 16.2. The zero-order valence-corrected chi connectivity index (χ0v) is 14.5. The topological polar surface area (TPSA) is 24.1 Å². The van der Waals surface area contributed by atoms with E-state index in [4.69, 9.17) is 12.2 Å². The van der Waals surface area contributed by atoms with Crippen molar-refractivity contribution in [3.05, 3.63) is 65.5 Å². The fraction of sp³-hybridized carbons (Fsp3) is 0.278. The van der Waals surface area contributed by atoms with Gasteiger partial charge in [-0.05, 0) is 42.8 Å². The Morgan fingerprint density at radius 1 is 1.22 bits per heavy atom. The van der Waals surface area contributed by atoms with Gasteiger partial charge in [-0.2, -0.15) is 0 Å². The molecule has 23 heavy (non-hydrogen) atoms. The Bertz CT molecular complexity index is 691. The molecule has 3 rings (SSSR count). The van der Waals surface area contributed by atoms with Crippen LogP contribution in [0.25, 0.3) is 0 Å². The first-order valence-electron chi connectivity index (χ1n) is 7.68. The highest BCUT2D eigenvalue weighted by atomic mass is 32.2. The summed E-state index contributed by atoms with van der Waals surface area (Å²) in [6.07, 6.45) is 0.933. The van der Waals surface area contributed by atoms with Crippen LogP contribution in [0.5, 0.6) is 0 Å². The number of nitrogens with one attached hydrogen (secondary N) is 2. The molecule has 2 nitrogen and oxygen atoms in total. The highest BCUT2D eigenvalue weighted by Gasteiger charge is 2.23. The molecule has 0 spiro atoms. The molecule has 0 aliphatic carbocycles. The van der Waals surface area contributed by atoms with Gasteiger partial charge in [-0.3, -0.25) is 0 Å². The second kappa shape index (κ2) is 7.32. The molecule has 0 radical (unpaired) electrons.